The molecule has 0 bridgehead atoms. The van der Waals surface area contributed by atoms with Crippen molar-refractivity contribution in [1.29, 1.82) is 0 Å². The molecule has 1 fully saturated rings. The van der Waals surface area contributed by atoms with Gasteiger partial charge in [-0.05, 0) is 74.8 Å². The normalized spacial score (nSPS) is 18.9. The number of fused-ring (bicyclic) bond motifs is 1. The molecule has 5 nitrogen and oxygen atoms in total. The van der Waals surface area contributed by atoms with Crippen LogP contribution in [0.3, 0.4) is 0 Å². The third kappa shape index (κ3) is 3.93. The predicted octanol–water partition coefficient (Wildman–Crippen LogP) is 3.77. The average Bonchev–Trinajstić information content (AvgIpc) is 2.81. The van der Waals surface area contributed by atoms with E-state index in [1.807, 2.05) is 59.0 Å². The van der Waals surface area contributed by atoms with Crippen molar-refractivity contribution in [2.75, 3.05) is 13.6 Å². The number of carboxylic acids is 1. The van der Waals surface area contributed by atoms with E-state index < -0.39 is 13.1 Å². The molecule has 0 amide bonds. The smallest absolute Gasteiger partial charge is 0.478 e. The highest BCUT2D eigenvalue weighted by molar-refractivity contribution is 6.55. The van der Waals surface area contributed by atoms with Crippen molar-refractivity contribution >= 4 is 29.9 Å². The van der Waals surface area contributed by atoms with Gasteiger partial charge in [-0.3, -0.25) is 0 Å². The average molecular weight is 367 g/mol. The number of nitrogens with one attached hydrogen (secondary N) is 1. The minimum Gasteiger partial charge on any atom is -0.478 e. The third-order valence-corrected chi connectivity index (χ3v) is 5.40. The summed E-state index contributed by atoms with van der Waals surface area (Å²) >= 11 is 0. The molecule has 6 heteroatoms. The molecule has 0 aromatic heterocycles. The summed E-state index contributed by atoms with van der Waals surface area (Å²) in [6, 6.07) is 11.1. The maximum atomic E-state index is 11.1. The maximum absolute atomic E-state index is 11.1. The molecule has 142 valence electrons. The molecule has 3 rings (SSSR count). The first-order chi connectivity index (χ1) is 12.6. The van der Waals surface area contributed by atoms with E-state index in [0.717, 1.165) is 21.8 Å². The number of aromatic carboxylic acids is 1. The molecule has 2 N–H and O–H groups in total. The van der Waals surface area contributed by atoms with Crippen LogP contribution >= 0.6 is 0 Å². The van der Waals surface area contributed by atoms with Crippen molar-refractivity contribution in [3.63, 3.8) is 0 Å². The van der Waals surface area contributed by atoms with Gasteiger partial charge in [0.05, 0.1) is 16.8 Å². The van der Waals surface area contributed by atoms with Gasteiger partial charge in [0.25, 0.3) is 0 Å². The number of carboxylic acid groups (broad SMARTS) is 1. The van der Waals surface area contributed by atoms with Gasteiger partial charge in [-0.1, -0.05) is 24.3 Å². The Morgan fingerprint density at radius 3 is 2.26 bits per heavy atom. The van der Waals surface area contributed by atoms with Crippen LogP contribution in [-0.4, -0.2) is 43.0 Å². The number of rotatable bonds is 5. The minimum absolute atomic E-state index is 0.291. The van der Waals surface area contributed by atoms with Gasteiger partial charge in [0.1, 0.15) is 0 Å². The summed E-state index contributed by atoms with van der Waals surface area (Å²) < 4.78 is 12.4. The Hall–Kier alpha value is -2.15. The summed E-state index contributed by atoms with van der Waals surface area (Å²) in [6.45, 7) is 8.81. The van der Waals surface area contributed by atoms with Gasteiger partial charge in [-0.2, -0.15) is 0 Å². The van der Waals surface area contributed by atoms with Crippen molar-refractivity contribution in [3.05, 3.63) is 53.0 Å². The summed E-state index contributed by atoms with van der Waals surface area (Å²) in [5.74, 6) is -0.919. The zero-order valence-corrected chi connectivity index (χ0v) is 16.5. The Morgan fingerprint density at radius 2 is 1.67 bits per heavy atom. The fourth-order valence-corrected chi connectivity index (χ4v) is 3.10. The highest BCUT2D eigenvalue weighted by Gasteiger charge is 2.52. The molecule has 27 heavy (non-hydrogen) atoms. The Balaban J connectivity index is 1.94. The Bertz CT molecular complexity index is 888. The van der Waals surface area contributed by atoms with E-state index in [2.05, 4.69) is 11.4 Å². The number of likely N-dealkylation sites (N-methyl/N-ethyl adjacent to an activating group) is 1. The van der Waals surface area contributed by atoms with Gasteiger partial charge < -0.3 is 19.7 Å². The summed E-state index contributed by atoms with van der Waals surface area (Å²) in [6.07, 6.45) is 2.07. The minimum atomic E-state index is -0.919. The molecule has 0 unspecified atom stereocenters. The first-order valence-corrected chi connectivity index (χ1v) is 9.11. The molecular weight excluding hydrogens is 341 g/mol. The van der Waals surface area contributed by atoms with E-state index >= 15 is 0 Å². The van der Waals surface area contributed by atoms with E-state index in [1.54, 1.807) is 12.1 Å². The lowest BCUT2D eigenvalue weighted by atomic mass is 9.77. The van der Waals surface area contributed by atoms with Crippen LogP contribution in [0.4, 0.5) is 0 Å². The van der Waals surface area contributed by atoms with Gasteiger partial charge in [0, 0.05) is 6.54 Å². The van der Waals surface area contributed by atoms with Gasteiger partial charge in [-0.25, -0.2) is 4.79 Å². The van der Waals surface area contributed by atoms with E-state index in [9.17, 15) is 4.79 Å². The fourth-order valence-electron chi connectivity index (χ4n) is 3.10. The predicted molar refractivity (Wildman–Crippen MR) is 109 cm³/mol. The topological polar surface area (TPSA) is 67.8 Å². The van der Waals surface area contributed by atoms with Crippen LogP contribution in [-0.2, 0) is 9.31 Å². The second-order valence-electron chi connectivity index (χ2n) is 7.96. The van der Waals surface area contributed by atoms with E-state index in [4.69, 9.17) is 14.4 Å². The molecule has 0 saturated carbocycles. The monoisotopic (exact) mass is 367 g/mol. The van der Waals surface area contributed by atoms with Crippen LogP contribution in [0.1, 0.15) is 43.6 Å². The standard InChI is InChI=1S/C21H26BNO4/c1-20(2)21(3,4)27-22(26-20)18(13-23-5)11-14-6-7-16-12-17(19(24)25)9-8-15(16)10-14/h6-12,23H,13H2,1-5H3,(H,24,25). The molecule has 0 radical (unpaired) electrons. The molecule has 0 atom stereocenters. The number of hydrogen-bond acceptors (Lipinski definition) is 4. The van der Waals surface area contributed by atoms with Crippen LogP contribution in [0.5, 0.6) is 0 Å². The van der Waals surface area contributed by atoms with Crippen molar-refractivity contribution < 1.29 is 19.2 Å². The Morgan fingerprint density at radius 1 is 1.07 bits per heavy atom. The zero-order chi connectivity index (χ0) is 19.8. The van der Waals surface area contributed by atoms with Crippen molar-refractivity contribution in [2.45, 2.75) is 38.9 Å². The molecule has 2 aromatic carbocycles. The molecule has 1 aliphatic rings. The lowest BCUT2D eigenvalue weighted by Gasteiger charge is -2.32. The highest BCUT2D eigenvalue weighted by Crippen LogP contribution is 2.38. The zero-order valence-electron chi connectivity index (χ0n) is 16.5. The third-order valence-electron chi connectivity index (χ3n) is 5.40. The molecular formula is C21H26BNO4. The van der Waals surface area contributed by atoms with E-state index in [1.165, 1.54) is 0 Å². The largest absolute Gasteiger partial charge is 0.491 e. The number of benzene rings is 2. The van der Waals surface area contributed by atoms with Crippen LogP contribution < -0.4 is 5.32 Å². The molecule has 0 spiro atoms. The lowest BCUT2D eigenvalue weighted by Crippen LogP contribution is -2.41. The molecule has 2 aromatic rings. The molecule has 1 aliphatic heterocycles. The van der Waals surface area contributed by atoms with Gasteiger partial charge >= 0.3 is 13.1 Å². The van der Waals surface area contributed by atoms with Gasteiger partial charge in [0.15, 0.2) is 0 Å². The first-order valence-electron chi connectivity index (χ1n) is 9.11. The van der Waals surface area contributed by atoms with Crippen LogP contribution in [0.15, 0.2) is 41.9 Å². The van der Waals surface area contributed by atoms with Crippen LogP contribution in [0.25, 0.3) is 16.8 Å². The Labute approximate surface area is 160 Å². The fraction of sp³-hybridized carbons (Fsp3) is 0.381. The van der Waals surface area contributed by atoms with Crippen LogP contribution in [0, 0.1) is 0 Å². The second kappa shape index (κ2) is 7.11. The second-order valence-corrected chi connectivity index (χ2v) is 7.96. The summed E-state index contributed by atoms with van der Waals surface area (Å²) in [7, 11) is 1.49. The Kier molecular flexibility index (Phi) is 5.17. The number of carbonyl (C=O) groups is 1. The summed E-state index contributed by atoms with van der Waals surface area (Å²) in [5.41, 5.74) is 1.55. The molecule has 1 heterocycles. The summed E-state index contributed by atoms with van der Waals surface area (Å²) in [4.78, 5) is 11.1. The van der Waals surface area contributed by atoms with Crippen molar-refractivity contribution in [3.8, 4) is 0 Å². The quantitative estimate of drug-likeness (QED) is 0.788. The van der Waals surface area contributed by atoms with Crippen molar-refractivity contribution in [1.82, 2.24) is 5.32 Å². The van der Waals surface area contributed by atoms with Gasteiger partial charge in [0.2, 0.25) is 0 Å². The van der Waals surface area contributed by atoms with E-state index in [-0.39, 0.29) is 11.2 Å². The van der Waals surface area contributed by atoms with E-state index in [0.29, 0.717) is 12.1 Å². The summed E-state index contributed by atoms with van der Waals surface area (Å²) in [5, 5.41) is 14.2. The SMILES string of the molecule is CNCC(=Cc1ccc2cc(C(=O)O)ccc2c1)B1OC(C)(C)C(C)(C)O1. The molecule has 0 aliphatic carbocycles. The van der Waals surface area contributed by atoms with Crippen molar-refractivity contribution in [2.24, 2.45) is 0 Å². The lowest BCUT2D eigenvalue weighted by molar-refractivity contribution is 0.00578. The highest BCUT2D eigenvalue weighted by atomic mass is 16.7. The number of hydrogen-bond donors (Lipinski definition) is 2. The molecule has 1 saturated heterocycles. The van der Waals surface area contributed by atoms with Crippen LogP contribution in [0.2, 0.25) is 0 Å². The maximum Gasteiger partial charge on any atom is 0.491 e. The first kappa shape index (κ1) is 19.6. The van der Waals surface area contributed by atoms with Gasteiger partial charge in [-0.15, -0.1) is 0 Å².